The van der Waals surface area contributed by atoms with E-state index in [1.165, 1.54) is 12.2 Å². The maximum Gasteiger partial charge on any atom is 2.00 e. The Bertz CT molecular complexity index is 1550. The number of carbonyl (C=O) groups is 6. The fraction of sp³-hybridized carbons (Fsp3) is 0.400. The van der Waals surface area contributed by atoms with Gasteiger partial charge >= 0.3 is 50.3 Å². The Kier molecular flexibility index (Phi) is 10.3. The van der Waals surface area contributed by atoms with Crippen LogP contribution in [-0.2, 0) is 79.1 Å². The molecule has 1 saturated heterocycles. The molecule has 1 fully saturated rings. The first-order chi connectivity index (χ1) is 19.2. The van der Waals surface area contributed by atoms with Gasteiger partial charge in [-0.05, 0) is 50.7 Å². The second-order valence-corrected chi connectivity index (χ2v) is 10.0. The minimum Gasteiger partial charge on any atom is -0.549 e. The van der Waals surface area contributed by atoms with Crippen molar-refractivity contribution in [2.24, 2.45) is 25.8 Å². The molecular weight excluding hydrogens is 725 g/mol. The van der Waals surface area contributed by atoms with Crippen molar-refractivity contribution in [2.75, 3.05) is 0 Å². The zero-order valence-corrected chi connectivity index (χ0v) is 24.8. The number of carboxylic acids is 6. The summed E-state index contributed by atoms with van der Waals surface area (Å²) in [6.45, 7) is 0. The van der Waals surface area contributed by atoms with Crippen LogP contribution in [-0.4, -0.2) is 64.5 Å². The number of hydrogen-bond donors (Lipinski definition) is 1. The molecule has 44 heavy (non-hydrogen) atoms. The standard InChI is InChI=1S/C25H22N4O12.3Co/c30-17(31)15-13-5-3-11(27-13)7-9-1-2-10(26-9)8-12-4-6-14(28-12)25(22(40)41)24(20(36)37,21(38)39)23(18(32)33,19(34)35)16(15)29-25;;;/h7-8,14,28H,1-6H2,(H,30,31)(H,32,33)(H,34,35)(H,36,37)(H,38,39)(H,40,41);;;/q;3*+2/p-6. The van der Waals surface area contributed by atoms with E-state index in [9.17, 15) is 59.4 Å². The van der Waals surface area contributed by atoms with Gasteiger partial charge in [0.1, 0.15) is 16.4 Å². The van der Waals surface area contributed by atoms with Crippen molar-refractivity contribution in [3.05, 3.63) is 34.8 Å². The van der Waals surface area contributed by atoms with Crippen molar-refractivity contribution >= 4 is 53.0 Å². The molecule has 8 bridgehead atoms. The second-order valence-electron chi connectivity index (χ2n) is 10.0. The van der Waals surface area contributed by atoms with Gasteiger partial charge in [0.15, 0.2) is 0 Å². The first-order valence-electron chi connectivity index (χ1n) is 12.2. The average Bonchev–Trinajstić information content (AvgIpc) is 3.64. The van der Waals surface area contributed by atoms with E-state index in [4.69, 9.17) is 0 Å². The van der Waals surface area contributed by atoms with Crippen molar-refractivity contribution in [1.29, 1.82) is 0 Å². The van der Waals surface area contributed by atoms with E-state index in [1.807, 2.05) is 0 Å². The summed E-state index contributed by atoms with van der Waals surface area (Å²) in [5.74, 6) is -17.4. The second kappa shape index (κ2) is 12.4. The van der Waals surface area contributed by atoms with E-state index in [0.717, 1.165) is 0 Å². The SMILES string of the molecule is O=C([O-])C1=C2CCC(=N2)C=C2CCC(=N2)C=C2CCC(N2)C2(C(=O)[O-])N=C1C(C(=O)[O-])(C(=O)[O-])C2(C(=O)[O-])C(=O)[O-].[Co+2].[Co+2].[Co+2]. The van der Waals surface area contributed by atoms with Crippen LogP contribution in [0.5, 0.6) is 0 Å². The summed E-state index contributed by atoms with van der Waals surface area (Å²) in [5, 5.41) is 79.0. The number of allylic oxidation sites excluding steroid dienone is 5. The number of carbonyl (C=O) groups excluding carboxylic acids is 6. The summed E-state index contributed by atoms with van der Waals surface area (Å²) in [6.07, 6.45) is 2.95. The molecule has 0 spiro atoms. The minimum absolute atomic E-state index is 0. The Morgan fingerprint density at radius 1 is 0.705 bits per heavy atom. The van der Waals surface area contributed by atoms with Crippen LogP contribution in [0.3, 0.4) is 0 Å². The molecule has 19 heteroatoms. The Balaban J connectivity index is 0.00000225. The van der Waals surface area contributed by atoms with Crippen molar-refractivity contribution in [3.8, 4) is 0 Å². The number of nitrogens with zero attached hydrogens (tertiary/aromatic N) is 3. The summed E-state index contributed by atoms with van der Waals surface area (Å²) >= 11 is 0. The third-order valence-electron chi connectivity index (χ3n) is 8.10. The maximum absolute atomic E-state index is 12.9. The number of aliphatic imine (C=N–C) groups is 3. The number of hydrogen-bond acceptors (Lipinski definition) is 16. The van der Waals surface area contributed by atoms with Crippen molar-refractivity contribution in [2.45, 2.75) is 50.1 Å². The van der Waals surface area contributed by atoms with Gasteiger partial charge in [0.2, 0.25) is 0 Å². The summed E-state index contributed by atoms with van der Waals surface area (Å²) in [5.41, 5.74) is -15.7. The molecule has 5 aliphatic heterocycles. The van der Waals surface area contributed by atoms with E-state index in [-0.39, 0.29) is 81.0 Å². The van der Waals surface area contributed by atoms with Gasteiger partial charge in [-0.25, -0.2) is 0 Å². The quantitative estimate of drug-likeness (QED) is 0.248. The van der Waals surface area contributed by atoms with Gasteiger partial charge in [0, 0.05) is 28.4 Å². The largest absolute Gasteiger partial charge is 2.00 e. The van der Waals surface area contributed by atoms with Crippen LogP contribution in [0.4, 0.5) is 0 Å². The Hall–Kier alpha value is -3.63. The fourth-order valence-electron chi connectivity index (χ4n) is 6.43. The molecular formula is C25H16Co3N4O12. The number of aliphatic carboxylic acids is 6. The van der Waals surface area contributed by atoms with E-state index in [1.54, 1.807) is 0 Å². The predicted octanol–water partition coefficient (Wildman–Crippen LogP) is -8.10. The molecule has 0 aliphatic carbocycles. The van der Waals surface area contributed by atoms with Gasteiger partial charge in [-0.3, -0.25) is 15.0 Å². The summed E-state index contributed by atoms with van der Waals surface area (Å²) < 4.78 is 0. The van der Waals surface area contributed by atoms with Gasteiger partial charge < -0.3 is 64.7 Å². The maximum atomic E-state index is 12.9. The zero-order valence-electron chi connectivity index (χ0n) is 21.7. The van der Waals surface area contributed by atoms with Crippen LogP contribution in [0, 0.1) is 10.8 Å². The van der Waals surface area contributed by atoms with E-state index < -0.39 is 81.6 Å². The fourth-order valence-corrected chi connectivity index (χ4v) is 6.43. The molecule has 5 rings (SSSR count). The Morgan fingerprint density at radius 3 is 1.80 bits per heavy atom. The van der Waals surface area contributed by atoms with Crippen molar-refractivity contribution < 1.29 is 110 Å². The van der Waals surface area contributed by atoms with Crippen LogP contribution >= 0.6 is 0 Å². The molecule has 235 valence electrons. The third-order valence-corrected chi connectivity index (χ3v) is 8.10. The monoisotopic (exact) mass is 741 g/mol. The molecule has 2 unspecified atom stereocenters. The smallest absolute Gasteiger partial charge is 0.549 e. The molecule has 0 aromatic heterocycles. The molecule has 5 aliphatic rings. The van der Waals surface area contributed by atoms with E-state index in [2.05, 4.69) is 20.3 Å². The molecule has 0 amide bonds. The van der Waals surface area contributed by atoms with Crippen LogP contribution in [0.15, 0.2) is 49.8 Å². The average molecular weight is 741 g/mol. The van der Waals surface area contributed by atoms with Crippen molar-refractivity contribution in [3.63, 3.8) is 0 Å². The van der Waals surface area contributed by atoms with E-state index in [0.29, 0.717) is 24.3 Å². The van der Waals surface area contributed by atoms with Gasteiger partial charge in [-0.15, -0.1) is 0 Å². The molecule has 2 atom stereocenters. The summed E-state index contributed by atoms with van der Waals surface area (Å²) in [7, 11) is 0. The molecule has 1 N–H and O–H groups in total. The predicted molar refractivity (Wildman–Crippen MR) is 118 cm³/mol. The number of nitrogens with one attached hydrogen (secondary N) is 1. The van der Waals surface area contributed by atoms with Crippen LogP contribution in [0.1, 0.15) is 38.5 Å². The number of carboxylic acid groups (broad SMARTS) is 6. The molecule has 5 heterocycles. The minimum atomic E-state index is -4.71. The van der Waals surface area contributed by atoms with Gasteiger partial charge in [-0.2, -0.15) is 0 Å². The van der Waals surface area contributed by atoms with Gasteiger partial charge in [0.05, 0.1) is 53.3 Å². The normalized spacial score (nSPS) is 25.4. The molecule has 0 aromatic carbocycles. The van der Waals surface area contributed by atoms with Gasteiger partial charge in [-0.1, -0.05) is 0 Å². The first-order valence-corrected chi connectivity index (χ1v) is 12.2. The van der Waals surface area contributed by atoms with Crippen LogP contribution < -0.4 is 36.0 Å². The van der Waals surface area contributed by atoms with Crippen molar-refractivity contribution in [1.82, 2.24) is 5.32 Å². The molecule has 0 aromatic rings. The first kappa shape index (κ1) is 36.6. The molecule has 0 saturated carbocycles. The Labute approximate surface area is 277 Å². The van der Waals surface area contributed by atoms with Crippen LogP contribution in [0.2, 0.25) is 0 Å². The summed E-state index contributed by atoms with van der Waals surface area (Å²) in [4.78, 5) is 88.5. The number of rotatable bonds is 6. The molecule has 16 nitrogen and oxygen atoms in total. The van der Waals surface area contributed by atoms with Gasteiger partial charge in [0.25, 0.3) is 0 Å². The molecule has 3 radical (unpaired) electrons. The third kappa shape index (κ3) is 4.56. The van der Waals surface area contributed by atoms with E-state index >= 15 is 0 Å². The zero-order chi connectivity index (χ0) is 30.1. The summed E-state index contributed by atoms with van der Waals surface area (Å²) in [6, 6.07) is -2.01. The number of fused-ring (bicyclic) bond motifs is 6. The topological polar surface area (TPSA) is 290 Å². The van der Waals surface area contributed by atoms with Crippen LogP contribution in [0.25, 0.3) is 0 Å². The Morgan fingerprint density at radius 2 is 1.27 bits per heavy atom.